The van der Waals surface area contributed by atoms with Crippen molar-refractivity contribution in [1.29, 1.82) is 0 Å². The van der Waals surface area contributed by atoms with Crippen molar-refractivity contribution >= 4 is 11.9 Å². The summed E-state index contributed by atoms with van der Waals surface area (Å²) in [6.45, 7) is 4.18. The fourth-order valence-electron chi connectivity index (χ4n) is 1.89. The molecule has 0 saturated carbocycles. The predicted molar refractivity (Wildman–Crippen MR) is 59.5 cm³/mol. The Bertz CT molecular complexity index is 372. The minimum absolute atomic E-state index is 0.0731. The number of ether oxygens (including phenoxy) is 1. The van der Waals surface area contributed by atoms with Crippen LogP contribution in [0.4, 0.5) is 0 Å². The maximum absolute atomic E-state index is 12.1. The molecular weight excluding hydrogens is 224 g/mol. The van der Waals surface area contributed by atoms with Crippen molar-refractivity contribution in [2.24, 2.45) is 0 Å². The summed E-state index contributed by atoms with van der Waals surface area (Å²) in [5.74, 6) is -1.09. The average Bonchev–Trinajstić information content (AvgIpc) is 2.25. The van der Waals surface area contributed by atoms with E-state index in [1.54, 1.807) is 11.8 Å². The summed E-state index contributed by atoms with van der Waals surface area (Å²) < 4.78 is 5.08. The first-order chi connectivity index (χ1) is 8.09. The van der Waals surface area contributed by atoms with E-state index in [1.807, 2.05) is 0 Å². The quantitative estimate of drug-likeness (QED) is 0.619. The van der Waals surface area contributed by atoms with Crippen LogP contribution in [0.2, 0.25) is 0 Å². The van der Waals surface area contributed by atoms with Crippen LogP contribution >= 0.6 is 0 Å². The SMILES string of the molecule is CC(C(=O)N1CCOC(C(=O)O)C1)=C1CNC1. The van der Waals surface area contributed by atoms with Crippen LogP contribution < -0.4 is 5.32 Å². The normalized spacial score (nSPS) is 24.2. The van der Waals surface area contributed by atoms with Crippen LogP contribution in [0.5, 0.6) is 0 Å². The number of carbonyl (C=O) groups excluding carboxylic acids is 1. The minimum Gasteiger partial charge on any atom is -0.479 e. The van der Waals surface area contributed by atoms with E-state index >= 15 is 0 Å². The van der Waals surface area contributed by atoms with Crippen LogP contribution in [0.1, 0.15) is 6.92 Å². The Labute approximate surface area is 99.2 Å². The average molecular weight is 240 g/mol. The van der Waals surface area contributed by atoms with Crippen LogP contribution in [-0.4, -0.2) is 60.8 Å². The summed E-state index contributed by atoms with van der Waals surface area (Å²) in [7, 11) is 0. The molecule has 6 heteroatoms. The third-order valence-corrected chi connectivity index (χ3v) is 3.16. The molecule has 0 spiro atoms. The van der Waals surface area contributed by atoms with Gasteiger partial charge in [-0.3, -0.25) is 4.79 Å². The second-order valence-electron chi connectivity index (χ2n) is 4.28. The highest BCUT2D eigenvalue weighted by Crippen LogP contribution is 2.14. The van der Waals surface area contributed by atoms with Crippen molar-refractivity contribution in [1.82, 2.24) is 10.2 Å². The molecule has 17 heavy (non-hydrogen) atoms. The molecule has 2 aliphatic heterocycles. The van der Waals surface area contributed by atoms with E-state index in [1.165, 1.54) is 0 Å². The summed E-state index contributed by atoms with van der Waals surface area (Å²) in [6, 6.07) is 0. The lowest BCUT2D eigenvalue weighted by atomic mass is 10.0. The number of carbonyl (C=O) groups is 2. The first-order valence-corrected chi connectivity index (χ1v) is 5.62. The van der Waals surface area contributed by atoms with Crippen molar-refractivity contribution < 1.29 is 19.4 Å². The van der Waals surface area contributed by atoms with Gasteiger partial charge in [0.05, 0.1) is 13.2 Å². The standard InChI is InChI=1S/C11H16N2O4/c1-7(8-4-12-5-8)10(14)13-2-3-17-9(6-13)11(15)16/h9,12H,2-6H2,1H3,(H,15,16). The monoisotopic (exact) mass is 240 g/mol. The van der Waals surface area contributed by atoms with E-state index in [0.29, 0.717) is 6.54 Å². The largest absolute Gasteiger partial charge is 0.479 e. The minimum atomic E-state index is -1.02. The number of nitrogens with zero attached hydrogens (tertiary/aromatic N) is 1. The Kier molecular flexibility index (Phi) is 3.44. The molecule has 94 valence electrons. The van der Waals surface area contributed by atoms with Crippen molar-refractivity contribution in [3.05, 3.63) is 11.1 Å². The number of aliphatic carboxylic acids is 1. The summed E-state index contributed by atoms with van der Waals surface area (Å²) >= 11 is 0. The molecule has 1 atom stereocenters. The summed E-state index contributed by atoms with van der Waals surface area (Å²) in [6.07, 6.45) is -0.898. The zero-order chi connectivity index (χ0) is 12.4. The fourth-order valence-corrected chi connectivity index (χ4v) is 1.89. The molecule has 0 aromatic rings. The molecule has 2 rings (SSSR count). The van der Waals surface area contributed by atoms with Crippen molar-refractivity contribution in [2.75, 3.05) is 32.8 Å². The fraction of sp³-hybridized carbons (Fsp3) is 0.636. The Morgan fingerprint density at radius 2 is 2.18 bits per heavy atom. The number of morpholine rings is 1. The van der Waals surface area contributed by atoms with Crippen molar-refractivity contribution in [3.63, 3.8) is 0 Å². The van der Waals surface area contributed by atoms with Gasteiger partial charge in [-0.2, -0.15) is 0 Å². The van der Waals surface area contributed by atoms with Gasteiger partial charge in [0.25, 0.3) is 0 Å². The summed E-state index contributed by atoms with van der Waals surface area (Å²) in [4.78, 5) is 24.5. The van der Waals surface area contributed by atoms with Gasteiger partial charge in [-0.25, -0.2) is 4.79 Å². The highest BCUT2D eigenvalue weighted by Gasteiger charge is 2.30. The van der Waals surface area contributed by atoms with E-state index in [2.05, 4.69) is 5.32 Å². The first kappa shape index (κ1) is 12.1. The zero-order valence-electron chi connectivity index (χ0n) is 9.73. The van der Waals surface area contributed by atoms with Gasteiger partial charge in [0.1, 0.15) is 0 Å². The number of hydrogen-bond acceptors (Lipinski definition) is 4. The van der Waals surface area contributed by atoms with E-state index < -0.39 is 12.1 Å². The van der Waals surface area contributed by atoms with Crippen molar-refractivity contribution in [2.45, 2.75) is 13.0 Å². The number of nitrogens with one attached hydrogen (secondary N) is 1. The second kappa shape index (κ2) is 4.85. The molecular formula is C11H16N2O4. The Morgan fingerprint density at radius 3 is 2.71 bits per heavy atom. The van der Waals surface area contributed by atoms with E-state index in [-0.39, 0.29) is 19.1 Å². The second-order valence-corrected chi connectivity index (χ2v) is 4.28. The molecule has 2 saturated heterocycles. The maximum Gasteiger partial charge on any atom is 0.334 e. The lowest BCUT2D eigenvalue weighted by molar-refractivity contribution is -0.158. The van der Waals surface area contributed by atoms with Gasteiger partial charge >= 0.3 is 5.97 Å². The van der Waals surface area contributed by atoms with E-state index in [0.717, 1.165) is 24.2 Å². The third-order valence-electron chi connectivity index (χ3n) is 3.16. The van der Waals surface area contributed by atoms with Crippen LogP contribution in [0.25, 0.3) is 0 Å². The van der Waals surface area contributed by atoms with Gasteiger partial charge in [-0.15, -0.1) is 0 Å². The molecule has 2 heterocycles. The number of carboxylic acid groups (broad SMARTS) is 1. The number of hydrogen-bond donors (Lipinski definition) is 2. The molecule has 2 aliphatic rings. The molecule has 0 aromatic heterocycles. The molecule has 1 unspecified atom stereocenters. The van der Waals surface area contributed by atoms with Gasteiger partial charge in [0.15, 0.2) is 6.10 Å². The van der Waals surface area contributed by atoms with Gasteiger partial charge < -0.3 is 20.1 Å². The molecule has 2 fully saturated rings. The number of amides is 1. The highest BCUT2D eigenvalue weighted by molar-refractivity contribution is 5.94. The lowest BCUT2D eigenvalue weighted by Gasteiger charge is -2.32. The van der Waals surface area contributed by atoms with Crippen LogP contribution in [0.15, 0.2) is 11.1 Å². The van der Waals surface area contributed by atoms with E-state index in [4.69, 9.17) is 9.84 Å². The van der Waals surface area contributed by atoms with Crippen LogP contribution in [0, 0.1) is 0 Å². The van der Waals surface area contributed by atoms with Crippen LogP contribution in [-0.2, 0) is 14.3 Å². The molecule has 1 amide bonds. The summed E-state index contributed by atoms with van der Waals surface area (Å²) in [5, 5.41) is 11.9. The molecule has 0 radical (unpaired) electrons. The zero-order valence-corrected chi connectivity index (χ0v) is 9.73. The predicted octanol–water partition coefficient (Wildman–Crippen LogP) is -0.782. The number of carboxylic acids is 1. The molecule has 0 aliphatic carbocycles. The number of rotatable bonds is 2. The highest BCUT2D eigenvalue weighted by atomic mass is 16.5. The van der Waals surface area contributed by atoms with E-state index in [9.17, 15) is 9.59 Å². The van der Waals surface area contributed by atoms with Gasteiger partial charge in [-0.05, 0) is 12.5 Å². The molecule has 6 nitrogen and oxygen atoms in total. The smallest absolute Gasteiger partial charge is 0.334 e. The Hall–Kier alpha value is -1.40. The van der Waals surface area contributed by atoms with Crippen LogP contribution in [0.3, 0.4) is 0 Å². The van der Waals surface area contributed by atoms with Crippen molar-refractivity contribution in [3.8, 4) is 0 Å². The van der Waals surface area contributed by atoms with Gasteiger partial charge in [0.2, 0.25) is 5.91 Å². The molecule has 2 N–H and O–H groups in total. The third kappa shape index (κ3) is 2.48. The summed E-state index contributed by atoms with van der Waals surface area (Å²) in [5.41, 5.74) is 1.84. The molecule has 0 bridgehead atoms. The molecule has 0 aromatic carbocycles. The topological polar surface area (TPSA) is 78.9 Å². The maximum atomic E-state index is 12.1. The Morgan fingerprint density at radius 1 is 1.47 bits per heavy atom. The lowest BCUT2D eigenvalue weighted by Crippen LogP contribution is -2.49. The first-order valence-electron chi connectivity index (χ1n) is 5.62. The van der Waals surface area contributed by atoms with Gasteiger partial charge in [0, 0.05) is 25.2 Å². The van der Waals surface area contributed by atoms with Gasteiger partial charge in [-0.1, -0.05) is 0 Å². The Balaban J connectivity index is 2.02.